The lowest BCUT2D eigenvalue weighted by molar-refractivity contribution is 0.0683. The summed E-state index contributed by atoms with van der Waals surface area (Å²) in [6.45, 7) is 0.306. The summed E-state index contributed by atoms with van der Waals surface area (Å²) in [7, 11) is 0. The quantitative estimate of drug-likeness (QED) is 0.926. The number of hydrogen-bond acceptors (Lipinski definition) is 3. The van der Waals surface area contributed by atoms with Crippen LogP contribution in [0.2, 0.25) is 0 Å². The molecule has 0 unspecified atom stereocenters. The zero-order valence-corrected chi connectivity index (χ0v) is 9.14. The zero-order valence-electron chi connectivity index (χ0n) is 7.55. The molecule has 0 bridgehead atoms. The largest absolute Gasteiger partial charge is 0.477 e. The third-order valence-corrected chi connectivity index (χ3v) is 2.30. The fraction of sp³-hybridized carbons (Fsp3) is 0.111. The van der Waals surface area contributed by atoms with Crippen LogP contribution in [0.4, 0.5) is 0 Å². The van der Waals surface area contributed by atoms with E-state index in [1.165, 1.54) is 16.9 Å². The third kappa shape index (κ3) is 2.10. The van der Waals surface area contributed by atoms with E-state index in [9.17, 15) is 4.79 Å². The van der Waals surface area contributed by atoms with Gasteiger partial charge in [-0.15, -0.1) is 0 Å². The number of carboxylic acid groups (broad SMARTS) is 1. The molecule has 0 aliphatic rings. The van der Waals surface area contributed by atoms with E-state index in [2.05, 4.69) is 21.0 Å². The Bertz CT molecular complexity index is 489. The summed E-state index contributed by atoms with van der Waals surface area (Å²) in [4.78, 5) is 10.8. The van der Waals surface area contributed by atoms with Gasteiger partial charge in [0.1, 0.15) is 11.5 Å². The molecule has 0 amide bonds. The number of hydrogen-bond donors (Lipinski definition) is 1. The lowest BCUT2D eigenvalue weighted by Crippen LogP contribution is -2.10. The average Bonchev–Trinajstić information content (AvgIpc) is 2.75. The van der Waals surface area contributed by atoms with Gasteiger partial charge in [0.2, 0.25) is 0 Å². The molecular weight excluding hydrogens is 264 g/mol. The van der Waals surface area contributed by atoms with Crippen LogP contribution < -0.4 is 0 Å². The van der Waals surface area contributed by atoms with E-state index in [0.29, 0.717) is 17.0 Å². The lowest BCUT2D eigenvalue weighted by Gasteiger charge is -2.00. The highest BCUT2D eigenvalue weighted by molar-refractivity contribution is 9.10. The standard InChI is InChI=1S/C9H7BrN2O3/c10-8-2-1-6(15-8)5-12-7(9(13)14)3-4-11-12/h1-4H,5H2,(H,13,14). The van der Waals surface area contributed by atoms with E-state index in [1.807, 2.05) is 0 Å². The van der Waals surface area contributed by atoms with Gasteiger partial charge >= 0.3 is 5.97 Å². The Balaban J connectivity index is 2.24. The number of furan rings is 1. The number of aromatic nitrogens is 2. The molecule has 2 aromatic heterocycles. The van der Waals surface area contributed by atoms with Crippen LogP contribution >= 0.6 is 15.9 Å². The highest BCUT2D eigenvalue weighted by atomic mass is 79.9. The number of aromatic carboxylic acids is 1. The molecule has 5 nitrogen and oxygen atoms in total. The summed E-state index contributed by atoms with van der Waals surface area (Å²) in [5.74, 6) is -0.355. The number of carboxylic acids is 1. The summed E-state index contributed by atoms with van der Waals surface area (Å²) in [6.07, 6.45) is 1.45. The van der Waals surface area contributed by atoms with E-state index in [1.54, 1.807) is 12.1 Å². The molecule has 2 heterocycles. The SMILES string of the molecule is O=C(O)c1ccnn1Cc1ccc(Br)o1. The van der Waals surface area contributed by atoms with Gasteiger partial charge in [-0.3, -0.25) is 4.68 Å². The Kier molecular flexibility index (Phi) is 2.59. The van der Waals surface area contributed by atoms with E-state index in [4.69, 9.17) is 9.52 Å². The maximum atomic E-state index is 10.8. The first-order chi connectivity index (χ1) is 7.16. The molecule has 78 valence electrons. The van der Waals surface area contributed by atoms with Crippen molar-refractivity contribution in [2.24, 2.45) is 0 Å². The Morgan fingerprint density at radius 3 is 2.93 bits per heavy atom. The van der Waals surface area contributed by atoms with Crippen LogP contribution in [-0.2, 0) is 6.54 Å². The summed E-state index contributed by atoms with van der Waals surface area (Å²) >= 11 is 3.17. The molecule has 2 aromatic rings. The fourth-order valence-corrected chi connectivity index (χ4v) is 1.56. The molecule has 2 rings (SSSR count). The first kappa shape index (κ1) is 9.97. The van der Waals surface area contributed by atoms with E-state index < -0.39 is 5.97 Å². The van der Waals surface area contributed by atoms with Crippen molar-refractivity contribution >= 4 is 21.9 Å². The van der Waals surface area contributed by atoms with Gasteiger partial charge in [-0.25, -0.2) is 4.79 Å². The Morgan fingerprint density at radius 1 is 1.53 bits per heavy atom. The molecule has 1 N–H and O–H groups in total. The van der Waals surface area contributed by atoms with Crippen LogP contribution in [0.1, 0.15) is 16.2 Å². The Labute approximate surface area is 93.4 Å². The second-order valence-corrected chi connectivity index (χ2v) is 3.67. The molecule has 0 radical (unpaired) electrons. The van der Waals surface area contributed by atoms with Crippen LogP contribution in [0, 0.1) is 0 Å². The maximum Gasteiger partial charge on any atom is 0.354 e. The van der Waals surface area contributed by atoms with Crippen LogP contribution in [-0.4, -0.2) is 20.9 Å². The minimum absolute atomic E-state index is 0.141. The van der Waals surface area contributed by atoms with Gasteiger partial charge in [0.05, 0.1) is 6.54 Å². The fourth-order valence-electron chi connectivity index (χ4n) is 1.22. The number of carbonyl (C=O) groups is 1. The van der Waals surface area contributed by atoms with Gasteiger partial charge in [-0.1, -0.05) is 0 Å². The molecular formula is C9H7BrN2O3. The molecule has 0 spiro atoms. The molecule has 0 saturated carbocycles. The van der Waals surface area contributed by atoms with E-state index >= 15 is 0 Å². The minimum atomic E-state index is -1.00. The molecule has 0 aliphatic carbocycles. The lowest BCUT2D eigenvalue weighted by atomic mass is 10.4. The second-order valence-electron chi connectivity index (χ2n) is 2.89. The van der Waals surface area contributed by atoms with Crippen molar-refractivity contribution in [2.45, 2.75) is 6.54 Å². The summed E-state index contributed by atoms with van der Waals surface area (Å²) in [5, 5.41) is 12.7. The second kappa shape index (κ2) is 3.90. The molecule has 6 heteroatoms. The summed E-state index contributed by atoms with van der Waals surface area (Å²) < 4.78 is 7.24. The van der Waals surface area contributed by atoms with Crippen LogP contribution in [0.5, 0.6) is 0 Å². The predicted molar refractivity (Wildman–Crippen MR) is 54.7 cm³/mol. The van der Waals surface area contributed by atoms with Gasteiger partial charge in [0, 0.05) is 6.20 Å². The highest BCUT2D eigenvalue weighted by Crippen LogP contribution is 2.15. The first-order valence-corrected chi connectivity index (χ1v) is 4.95. The van der Waals surface area contributed by atoms with Crippen molar-refractivity contribution in [2.75, 3.05) is 0 Å². The minimum Gasteiger partial charge on any atom is -0.477 e. The van der Waals surface area contributed by atoms with Gasteiger partial charge < -0.3 is 9.52 Å². The predicted octanol–water partition coefficient (Wildman–Crippen LogP) is 1.99. The van der Waals surface area contributed by atoms with Gasteiger partial charge in [0.15, 0.2) is 4.67 Å². The average molecular weight is 271 g/mol. The maximum absolute atomic E-state index is 10.8. The van der Waals surface area contributed by atoms with Crippen LogP contribution in [0.15, 0.2) is 33.5 Å². The summed E-state index contributed by atoms with van der Waals surface area (Å²) in [5.41, 5.74) is 0.141. The van der Waals surface area contributed by atoms with Crippen molar-refractivity contribution < 1.29 is 14.3 Å². The summed E-state index contributed by atoms with van der Waals surface area (Å²) in [6, 6.07) is 4.96. The normalized spacial score (nSPS) is 10.5. The molecule has 0 fully saturated rings. The van der Waals surface area contributed by atoms with Crippen molar-refractivity contribution in [3.63, 3.8) is 0 Å². The first-order valence-electron chi connectivity index (χ1n) is 4.16. The smallest absolute Gasteiger partial charge is 0.354 e. The number of halogens is 1. The molecule has 0 atom stereocenters. The molecule has 0 saturated heterocycles. The Morgan fingerprint density at radius 2 is 2.33 bits per heavy atom. The highest BCUT2D eigenvalue weighted by Gasteiger charge is 2.11. The topological polar surface area (TPSA) is 68.3 Å². The molecule has 15 heavy (non-hydrogen) atoms. The molecule has 0 aromatic carbocycles. The van der Waals surface area contributed by atoms with Crippen LogP contribution in [0.3, 0.4) is 0 Å². The number of rotatable bonds is 3. The monoisotopic (exact) mass is 270 g/mol. The third-order valence-electron chi connectivity index (χ3n) is 1.87. The van der Waals surface area contributed by atoms with E-state index in [-0.39, 0.29) is 5.69 Å². The zero-order chi connectivity index (χ0) is 10.8. The van der Waals surface area contributed by atoms with Crippen LogP contribution in [0.25, 0.3) is 0 Å². The van der Waals surface area contributed by atoms with E-state index in [0.717, 1.165) is 0 Å². The van der Waals surface area contributed by atoms with Crippen molar-refractivity contribution in [3.05, 3.63) is 40.5 Å². The van der Waals surface area contributed by atoms with Gasteiger partial charge in [-0.2, -0.15) is 5.10 Å². The van der Waals surface area contributed by atoms with Gasteiger partial charge in [0.25, 0.3) is 0 Å². The van der Waals surface area contributed by atoms with Crippen molar-refractivity contribution in [3.8, 4) is 0 Å². The molecule has 0 aliphatic heterocycles. The Hall–Kier alpha value is -1.56. The van der Waals surface area contributed by atoms with Gasteiger partial charge in [-0.05, 0) is 34.1 Å². The van der Waals surface area contributed by atoms with Crippen molar-refractivity contribution in [1.82, 2.24) is 9.78 Å². The van der Waals surface area contributed by atoms with Crippen molar-refractivity contribution in [1.29, 1.82) is 0 Å². The number of nitrogens with zero attached hydrogens (tertiary/aromatic N) is 2.